The Morgan fingerprint density at radius 1 is 0.326 bits per heavy atom. The van der Waals surface area contributed by atoms with Crippen molar-refractivity contribution >= 4 is 33.6 Å². The van der Waals surface area contributed by atoms with Crippen LogP contribution in [-0.2, 0) is 55.8 Å². The van der Waals surface area contributed by atoms with Crippen molar-refractivity contribution in [3.05, 3.63) is 122 Å². The lowest BCUT2D eigenvalue weighted by Crippen LogP contribution is -2.30. The fourth-order valence-electron chi connectivity index (χ4n) is 8.56. The number of carbonyl (C=O) groups excluding carboxylic acids is 3. The van der Waals surface area contributed by atoms with Crippen LogP contribution in [0.2, 0.25) is 0 Å². The van der Waals surface area contributed by atoms with Crippen molar-refractivity contribution in [2.75, 3.05) is 39.6 Å². The normalized spacial score (nSPS) is 15.0. The number of carbonyl (C=O) groups is 3. The lowest BCUT2D eigenvalue weighted by Gasteiger charge is -2.21. The number of phosphoric ester groups is 2. The van der Waals surface area contributed by atoms with Gasteiger partial charge in [-0.05, 0) is 109 Å². The van der Waals surface area contributed by atoms with Gasteiger partial charge in [0.1, 0.15) is 25.4 Å². The minimum atomic E-state index is -4.93. The third-order valence-corrected chi connectivity index (χ3v) is 15.6. The van der Waals surface area contributed by atoms with Gasteiger partial charge in [0.15, 0.2) is 6.10 Å². The smallest absolute Gasteiger partial charge is 0.463 e. The summed E-state index contributed by atoms with van der Waals surface area (Å²) < 4.78 is 60.8. The molecular formula is C71H120O16P2. The van der Waals surface area contributed by atoms with Crippen molar-refractivity contribution in [3.8, 4) is 0 Å². The second-order valence-electron chi connectivity index (χ2n) is 22.2. The predicted octanol–water partition coefficient (Wildman–Crippen LogP) is 18.6. The van der Waals surface area contributed by atoms with E-state index in [1.54, 1.807) is 0 Å². The number of hydrogen-bond acceptors (Lipinski definition) is 14. The summed E-state index contributed by atoms with van der Waals surface area (Å²) >= 11 is 0. The van der Waals surface area contributed by atoms with Crippen molar-refractivity contribution < 1.29 is 75.8 Å². The Labute approximate surface area is 538 Å². The van der Waals surface area contributed by atoms with Gasteiger partial charge in [-0.1, -0.05) is 245 Å². The Bertz CT molecular complexity index is 2110. The van der Waals surface area contributed by atoms with E-state index in [-0.39, 0.29) is 19.3 Å². The fraction of sp³-hybridized carbons (Fsp3) is 0.676. The number of allylic oxidation sites excluding steroid dienone is 20. The number of unbranched alkanes of at least 4 members (excludes halogenated alkanes) is 20. The third kappa shape index (κ3) is 65.3. The molecule has 510 valence electrons. The Morgan fingerprint density at radius 2 is 0.596 bits per heavy atom. The number of esters is 3. The first-order valence-electron chi connectivity index (χ1n) is 33.8. The first-order valence-corrected chi connectivity index (χ1v) is 36.8. The fourth-order valence-corrected chi connectivity index (χ4v) is 10.1. The summed E-state index contributed by atoms with van der Waals surface area (Å²) in [4.78, 5) is 58.3. The monoisotopic (exact) mass is 1290 g/mol. The van der Waals surface area contributed by atoms with E-state index in [9.17, 15) is 43.5 Å². The van der Waals surface area contributed by atoms with Crippen LogP contribution in [0.3, 0.4) is 0 Å². The molecule has 0 fully saturated rings. The highest BCUT2D eigenvalue weighted by atomic mass is 31.2. The van der Waals surface area contributed by atoms with Crippen molar-refractivity contribution in [2.45, 2.75) is 270 Å². The number of rotatable bonds is 63. The standard InChI is InChI=1S/C71H120O16P2/c1-4-7-10-13-16-19-22-24-26-28-30-31-32-33-35-37-38-40-43-45-48-51-54-57-69(74)81-60-66(72)61-83-88(77,78)84-62-67(73)63-85-89(79,80)86-65-68(87-71(76)59-56-53-50-47-42-21-18-15-12-9-6-3)64-82-70(75)58-55-52-49-46-44-41-39-36-34-29-27-25-23-20-17-14-11-8-5-2/h7-8,10-11,16-17,19-20,24-27,30-31,33-36,41,44,66-68,72-73H,4-6,9,12-15,18,21-23,28-29,32,37-40,42-43,45-65H2,1-3H3,(H,77,78)(H,79,80)/b10-7-,11-8-,19-16-,20-17-,26-24-,27-25-,31-30-,35-33-,36-34-,44-41-. The lowest BCUT2D eigenvalue weighted by molar-refractivity contribution is -0.161. The van der Waals surface area contributed by atoms with E-state index < -0.39 is 91.5 Å². The zero-order valence-electron chi connectivity index (χ0n) is 55.1. The molecule has 0 aliphatic rings. The van der Waals surface area contributed by atoms with Gasteiger partial charge in [0.05, 0.1) is 26.4 Å². The molecule has 0 aromatic carbocycles. The quantitative estimate of drug-likeness (QED) is 0.0146. The Balaban J connectivity index is 4.60. The van der Waals surface area contributed by atoms with Crippen LogP contribution in [0, 0.1) is 0 Å². The number of aliphatic hydroxyl groups excluding tert-OH is 2. The number of ether oxygens (including phenoxy) is 3. The van der Waals surface area contributed by atoms with E-state index in [0.29, 0.717) is 19.3 Å². The summed E-state index contributed by atoms with van der Waals surface area (Å²) in [6, 6.07) is 0. The Hall–Kier alpha value is -4.05. The molecule has 5 unspecified atom stereocenters. The van der Waals surface area contributed by atoms with E-state index in [4.69, 9.17) is 32.3 Å². The molecule has 0 bridgehead atoms. The van der Waals surface area contributed by atoms with E-state index in [1.807, 2.05) is 0 Å². The molecule has 0 amide bonds. The largest absolute Gasteiger partial charge is 0.472 e. The van der Waals surface area contributed by atoms with Gasteiger partial charge in [-0.15, -0.1) is 0 Å². The molecule has 0 radical (unpaired) electrons. The number of aliphatic hydroxyl groups is 2. The predicted molar refractivity (Wildman–Crippen MR) is 362 cm³/mol. The average molecular weight is 1290 g/mol. The maximum atomic E-state index is 12.9. The van der Waals surface area contributed by atoms with Crippen LogP contribution in [0.15, 0.2) is 122 Å². The topological polar surface area (TPSA) is 231 Å². The molecule has 0 aromatic heterocycles. The second-order valence-corrected chi connectivity index (χ2v) is 25.1. The summed E-state index contributed by atoms with van der Waals surface area (Å²) in [5.74, 6) is -1.63. The molecule has 0 aliphatic carbocycles. The molecule has 5 atom stereocenters. The van der Waals surface area contributed by atoms with Crippen LogP contribution in [0.5, 0.6) is 0 Å². The molecule has 0 saturated carbocycles. The highest BCUT2D eigenvalue weighted by Crippen LogP contribution is 2.45. The summed E-state index contributed by atoms with van der Waals surface area (Å²) in [6.07, 6.45) is 72.6. The van der Waals surface area contributed by atoms with Crippen LogP contribution < -0.4 is 0 Å². The summed E-state index contributed by atoms with van der Waals surface area (Å²) in [5, 5.41) is 20.5. The van der Waals surface area contributed by atoms with E-state index in [1.165, 1.54) is 38.5 Å². The van der Waals surface area contributed by atoms with Crippen LogP contribution in [-0.4, -0.2) is 95.9 Å². The zero-order chi connectivity index (χ0) is 65.3. The zero-order valence-corrected chi connectivity index (χ0v) is 56.8. The molecule has 0 spiro atoms. The first-order chi connectivity index (χ1) is 43.2. The van der Waals surface area contributed by atoms with E-state index in [2.05, 4.69) is 142 Å². The van der Waals surface area contributed by atoms with Crippen LogP contribution in [0.4, 0.5) is 0 Å². The molecule has 18 heteroatoms. The molecule has 4 N–H and O–H groups in total. The molecule has 0 aromatic rings. The summed E-state index contributed by atoms with van der Waals surface area (Å²) in [5.41, 5.74) is 0. The van der Waals surface area contributed by atoms with E-state index >= 15 is 0 Å². The second kappa shape index (κ2) is 64.1. The maximum absolute atomic E-state index is 12.9. The molecule has 0 aliphatic heterocycles. The van der Waals surface area contributed by atoms with Crippen LogP contribution in [0.25, 0.3) is 0 Å². The molecule has 0 rings (SSSR count). The van der Waals surface area contributed by atoms with Gasteiger partial charge in [-0.25, -0.2) is 9.13 Å². The summed E-state index contributed by atoms with van der Waals surface area (Å²) in [6.45, 7) is 2.36. The Kier molecular flexibility index (Phi) is 61.2. The Morgan fingerprint density at radius 3 is 0.955 bits per heavy atom. The maximum Gasteiger partial charge on any atom is 0.472 e. The van der Waals surface area contributed by atoms with Crippen molar-refractivity contribution in [3.63, 3.8) is 0 Å². The minimum Gasteiger partial charge on any atom is -0.463 e. The average Bonchev–Trinajstić information content (AvgIpc) is 3.54. The number of hydrogen-bond donors (Lipinski definition) is 4. The molecule has 89 heavy (non-hydrogen) atoms. The van der Waals surface area contributed by atoms with Gasteiger partial charge >= 0.3 is 33.6 Å². The van der Waals surface area contributed by atoms with Gasteiger partial charge in [-0.3, -0.25) is 32.5 Å². The van der Waals surface area contributed by atoms with Gasteiger partial charge in [0.2, 0.25) is 0 Å². The van der Waals surface area contributed by atoms with Crippen molar-refractivity contribution in [1.82, 2.24) is 0 Å². The lowest BCUT2D eigenvalue weighted by atomic mass is 10.1. The van der Waals surface area contributed by atoms with Crippen LogP contribution >= 0.6 is 15.6 Å². The molecule has 0 saturated heterocycles. The minimum absolute atomic E-state index is 0.0965. The molecule has 0 heterocycles. The first kappa shape index (κ1) is 85.0. The summed E-state index contributed by atoms with van der Waals surface area (Å²) in [7, 11) is -9.78. The van der Waals surface area contributed by atoms with E-state index in [0.717, 1.165) is 154 Å². The molecular weight excluding hydrogens is 1170 g/mol. The highest BCUT2D eigenvalue weighted by Gasteiger charge is 2.29. The van der Waals surface area contributed by atoms with Crippen molar-refractivity contribution in [1.29, 1.82) is 0 Å². The van der Waals surface area contributed by atoms with Gasteiger partial charge in [-0.2, -0.15) is 0 Å². The number of phosphoric acid groups is 2. The third-order valence-electron chi connectivity index (χ3n) is 13.7. The van der Waals surface area contributed by atoms with Crippen molar-refractivity contribution in [2.24, 2.45) is 0 Å². The molecule has 16 nitrogen and oxygen atoms in total. The van der Waals surface area contributed by atoms with Gasteiger partial charge < -0.3 is 34.2 Å². The SMILES string of the molecule is CC/C=C\C/C=C\C/C=C\C/C=C\C/C=C\CCCCCCCCCC(=O)OCC(O)COP(=O)(O)OCC(O)COP(=O)(O)OCC(COC(=O)CCCCC/C=C\C/C=C\C/C=C\C/C=C\C/C=C\CC)OC(=O)CCCCCCCCCCCCC. The highest BCUT2D eigenvalue weighted by molar-refractivity contribution is 7.47. The van der Waals surface area contributed by atoms with Gasteiger partial charge in [0.25, 0.3) is 0 Å². The van der Waals surface area contributed by atoms with Gasteiger partial charge in [0, 0.05) is 19.3 Å². The van der Waals surface area contributed by atoms with Crippen LogP contribution in [0.1, 0.15) is 252 Å².